The van der Waals surface area contributed by atoms with Gasteiger partial charge in [-0.1, -0.05) is 19.1 Å². The van der Waals surface area contributed by atoms with Crippen molar-refractivity contribution in [2.24, 2.45) is 0 Å². The van der Waals surface area contributed by atoms with Crippen molar-refractivity contribution in [3.8, 4) is 5.75 Å². The van der Waals surface area contributed by atoms with Gasteiger partial charge in [-0.15, -0.1) is 11.8 Å². The number of benzene rings is 1. The van der Waals surface area contributed by atoms with E-state index in [1.807, 2.05) is 12.1 Å². The first kappa shape index (κ1) is 15.9. The van der Waals surface area contributed by atoms with Crippen LogP contribution in [0, 0.1) is 0 Å². The summed E-state index contributed by atoms with van der Waals surface area (Å²) in [6.45, 7) is 3.99. The lowest BCUT2D eigenvalue weighted by Gasteiger charge is -2.10. The van der Waals surface area contributed by atoms with E-state index in [0.29, 0.717) is 6.54 Å². The van der Waals surface area contributed by atoms with Gasteiger partial charge in [0.05, 0.1) is 20.3 Å². The molecule has 1 fully saturated rings. The molecule has 5 heteroatoms. The second kappa shape index (κ2) is 8.10. The Morgan fingerprint density at radius 2 is 2.14 bits per heavy atom. The largest absolute Gasteiger partial charge is 0.494 e. The number of ether oxygens (including phenoxy) is 2. The molecule has 4 nitrogen and oxygen atoms in total. The quantitative estimate of drug-likeness (QED) is 0.755. The van der Waals surface area contributed by atoms with Gasteiger partial charge in [0.1, 0.15) is 5.75 Å². The van der Waals surface area contributed by atoms with Crippen molar-refractivity contribution in [3.63, 3.8) is 0 Å². The molecule has 1 heterocycles. The molecule has 1 aromatic rings. The second-order valence-electron chi connectivity index (χ2n) is 4.86. The van der Waals surface area contributed by atoms with Crippen LogP contribution < -0.4 is 4.74 Å². The molecule has 0 radical (unpaired) electrons. The van der Waals surface area contributed by atoms with E-state index in [-0.39, 0.29) is 5.97 Å². The minimum absolute atomic E-state index is 0.186. The maximum atomic E-state index is 11.3. The third-order valence-electron chi connectivity index (χ3n) is 3.07. The van der Waals surface area contributed by atoms with E-state index in [2.05, 4.69) is 34.8 Å². The third-order valence-corrected chi connectivity index (χ3v) is 4.18. The van der Waals surface area contributed by atoms with Crippen molar-refractivity contribution >= 4 is 23.8 Å². The van der Waals surface area contributed by atoms with Crippen molar-refractivity contribution in [2.75, 3.05) is 32.7 Å². The lowest BCUT2D eigenvalue weighted by Crippen LogP contribution is -2.27. The normalized spacial score (nSPS) is 17.1. The van der Waals surface area contributed by atoms with Crippen LogP contribution in [0.15, 0.2) is 29.2 Å². The van der Waals surface area contributed by atoms with Gasteiger partial charge in [0.2, 0.25) is 0 Å². The molecule has 1 aliphatic rings. The highest BCUT2D eigenvalue weighted by molar-refractivity contribution is 8.03. The number of thioether (sulfide) groups is 1. The summed E-state index contributed by atoms with van der Waals surface area (Å²) in [6, 6.07) is 8.10. The van der Waals surface area contributed by atoms with Gasteiger partial charge < -0.3 is 9.47 Å². The molecule has 0 saturated carbocycles. The smallest absolute Gasteiger partial charge is 0.319 e. The highest BCUT2D eigenvalue weighted by Gasteiger charge is 2.19. The number of hydrogen-bond donors (Lipinski definition) is 0. The van der Waals surface area contributed by atoms with Gasteiger partial charge in [-0.05, 0) is 30.2 Å². The van der Waals surface area contributed by atoms with Gasteiger partial charge in [0, 0.05) is 17.3 Å². The fourth-order valence-corrected chi connectivity index (χ4v) is 3.01. The molecule has 0 atom stereocenters. The van der Waals surface area contributed by atoms with Crippen LogP contribution >= 0.6 is 11.8 Å². The Morgan fingerprint density at radius 3 is 2.81 bits per heavy atom. The Hall–Kier alpha value is -1.46. The molecule has 0 aliphatic carbocycles. The van der Waals surface area contributed by atoms with Crippen LogP contribution in [0.1, 0.15) is 18.9 Å². The molecule has 0 bridgehead atoms. The van der Waals surface area contributed by atoms with E-state index >= 15 is 0 Å². The minimum atomic E-state index is -0.186. The molecule has 2 rings (SSSR count). The fourth-order valence-electron chi connectivity index (χ4n) is 1.99. The highest BCUT2D eigenvalue weighted by atomic mass is 32.2. The predicted molar refractivity (Wildman–Crippen MR) is 86.3 cm³/mol. The lowest BCUT2D eigenvalue weighted by atomic mass is 10.2. The van der Waals surface area contributed by atoms with E-state index in [4.69, 9.17) is 4.74 Å². The standard InChI is InChI=1S/C16H21NO3S/c1-3-8-20-14-6-4-13(5-7-14)9-15-10-17(12-21-15)11-16(18)19-2/h4-7,9H,3,8,10-12H2,1-2H3. The Morgan fingerprint density at radius 1 is 1.38 bits per heavy atom. The first-order valence-corrected chi connectivity index (χ1v) is 8.05. The number of carbonyl (C=O) groups excluding carboxylic acids is 1. The summed E-state index contributed by atoms with van der Waals surface area (Å²) in [5, 5.41) is 0. The first-order valence-electron chi connectivity index (χ1n) is 7.06. The van der Waals surface area contributed by atoms with Crippen molar-refractivity contribution < 1.29 is 14.3 Å². The minimum Gasteiger partial charge on any atom is -0.494 e. The molecular weight excluding hydrogens is 286 g/mol. The fraction of sp³-hybridized carbons (Fsp3) is 0.438. The maximum absolute atomic E-state index is 11.3. The summed E-state index contributed by atoms with van der Waals surface area (Å²) >= 11 is 1.76. The summed E-state index contributed by atoms with van der Waals surface area (Å²) in [5.41, 5.74) is 1.15. The van der Waals surface area contributed by atoms with Gasteiger partial charge >= 0.3 is 5.97 Å². The van der Waals surface area contributed by atoms with E-state index in [9.17, 15) is 4.79 Å². The van der Waals surface area contributed by atoms with Gasteiger partial charge in [-0.2, -0.15) is 0 Å². The number of carbonyl (C=O) groups is 1. The first-order chi connectivity index (χ1) is 10.2. The maximum Gasteiger partial charge on any atom is 0.319 e. The molecule has 1 saturated heterocycles. The molecule has 1 aliphatic heterocycles. The van der Waals surface area contributed by atoms with Crippen LogP contribution in [-0.2, 0) is 9.53 Å². The van der Waals surface area contributed by atoms with Crippen molar-refractivity contribution in [1.82, 2.24) is 4.90 Å². The number of esters is 1. The van der Waals surface area contributed by atoms with Crippen LogP contribution in [0.3, 0.4) is 0 Å². The summed E-state index contributed by atoms with van der Waals surface area (Å²) in [5.74, 6) is 1.55. The summed E-state index contributed by atoms with van der Waals surface area (Å²) in [4.78, 5) is 14.6. The van der Waals surface area contributed by atoms with Crippen LogP contribution in [0.5, 0.6) is 5.75 Å². The number of rotatable bonds is 6. The summed E-state index contributed by atoms with van der Waals surface area (Å²) in [7, 11) is 1.42. The van der Waals surface area contributed by atoms with Crippen LogP contribution in [-0.4, -0.2) is 43.6 Å². The molecule has 1 aromatic carbocycles. The van der Waals surface area contributed by atoms with Crippen molar-refractivity contribution in [2.45, 2.75) is 13.3 Å². The molecule has 114 valence electrons. The molecule has 0 aromatic heterocycles. The number of hydrogen-bond acceptors (Lipinski definition) is 5. The van der Waals surface area contributed by atoms with Gasteiger partial charge in [-0.25, -0.2) is 0 Å². The van der Waals surface area contributed by atoms with Gasteiger partial charge in [0.25, 0.3) is 0 Å². The van der Waals surface area contributed by atoms with Crippen molar-refractivity contribution in [3.05, 3.63) is 34.7 Å². The Bertz CT molecular complexity index is 499. The average molecular weight is 307 g/mol. The molecular formula is C16H21NO3S. The van der Waals surface area contributed by atoms with Gasteiger partial charge in [-0.3, -0.25) is 9.69 Å². The Kier molecular flexibility index (Phi) is 6.14. The molecule has 0 N–H and O–H groups in total. The zero-order valence-corrected chi connectivity index (χ0v) is 13.3. The van der Waals surface area contributed by atoms with E-state index in [0.717, 1.165) is 36.8 Å². The summed E-state index contributed by atoms with van der Waals surface area (Å²) in [6.07, 6.45) is 3.17. The van der Waals surface area contributed by atoms with Crippen LogP contribution in [0.25, 0.3) is 6.08 Å². The third kappa shape index (κ3) is 5.10. The van der Waals surface area contributed by atoms with Crippen LogP contribution in [0.2, 0.25) is 0 Å². The molecule has 0 unspecified atom stereocenters. The molecule has 0 amide bonds. The lowest BCUT2D eigenvalue weighted by molar-refractivity contribution is -0.141. The number of methoxy groups -OCH3 is 1. The predicted octanol–water partition coefficient (Wildman–Crippen LogP) is 3.00. The SMILES string of the molecule is CCCOc1ccc(C=C2CN(CC(=O)OC)CS2)cc1. The highest BCUT2D eigenvalue weighted by Crippen LogP contribution is 2.28. The molecule has 0 spiro atoms. The monoisotopic (exact) mass is 307 g/mol. The second-order valence-corrected chi connectivity index (χ2v) is 5.94. The summed E-state index contributed by atoms with van der Waals surface area (Å²) < 4.78 is 10.3. The van der Waals surface area contributed by atoms with Crippen molar-refractivity contribution in [1.29, 1.82) is 0 Å². The van der Waals surface area contributed by atoms with E-state index in [1.165, 1.54) is 12.0 Å². The zero-order valence-electron chi connectivity index (χ0n) is 12.5. The molecule has 21 heavy (non-hydrogen) atoms. The Labute approximate surface area is 130 Å². The topological polar surface area (TPSA) is 38.8 Å². The van der Waals surface area contributed by atoms with Crippen LogP contribution in [0.4, 0.5) is 0 Å². The average Bonchev–Trinajstić information content (AvgIpc) is 2.93. The number of nitrogens with zero attached hydrogens (tertiary/aromatic N) is 1. The van der Waals surface area contributed by atoms with E-state index in [1.54, 1.807) is 11.8 Å². The zero-order chi connectivity index (χ0) is 15.1. The van der Waals surface area contributed by atoms with Gasteiger partial charge in [0.15, 0.2) is 0 Å². The Balaban J connectivity index is 1.90. The van der Waals surface area contributed by atoms with E-state index < -0.39 is 0 Å².